The van der Waals surface area contributed by atoms with Gasteiger partial charge in [-0.2, -0.15) is 0 Å². The number of halogens is 1. The Morgan fingerprint density at radius 2 is 2.23 bits per heavy atom. The van der Waals surface area contributed by atoms with Crippen LogP contribution in [0.3, 0.4) is 0 Å². The van der Waals surface area contributed by atoms with Gasteiger partial charge in [0.2, 0.25) is 0 Å². The Morgan fingerprint density at radius 3 is 2.92 bits per heavy atom. The van der Waals surface area contributed by atoms with Crippen molar-refractivity contribution in [1.29, 1.82) is 0 Å². The van der Waals surface area contributed by atoms with E-state index in [1.54, 1.807) is 23.6 Å². The maximum atomic E-state index is 10.7. The normalized spacial score (nSPS) is 10.5. The summed E-state index contributed by atoms with van der Waals surface area (Å²) in [5, 5.41) is 11.8. The Hall–Kier alpha value is -1.06. The summed E-state index contributed by atoms with van der Waals surface area (Å²) >= 11 is 7.16. The zero-order valence-electron chi connectivity index (χ0n) is 6.45. The highest BCUT2D eigenvalue weighted by Crippen LogP contribution is 2.28. The monoisotopic (exact) mass is 212 g/mol. The largest absolute Gasteiger partial charge is 0.478 e. The molecule has 4 heteroatoms. The fourth-order valence-corrected chi connectivity index (χ4v) is 2.38. The molecule has 66 valence electrons. The number of benzene rings is 1. The molecule has 0 fully saturated rings. The second-order valence-corrected chi connectivity index (χ2v) is 3.94. The van der Waals surface area contributed by atoms with Crippen molar-refractivity contribution >= 4 is 39.0 Å². The molecule has 0 atom stereocenters. The van der Waals surface area contributed by atoms with Crippen molar-refractivity contribution in [1.82, 2.24) is 0 Å². The topological polar surface area (TPSA) is 37.3 Å². The Morgan fingerprint density at radius 1 is 1.46 bits per heavy atom. The van der Waals surface area contributed by atoms with E-state index in [2.05, 4.69) is 0 Å². The number of hydrogen-bond donors (Lipinski definition) is 1. The minimum atomic E-state index is -0.895. The Kier molecular flexibility index (Phi) is 1.98. The number of carbonyl (C=O) groups is 1. The third kappa shape index (κ3) is 1.41. The average molecular weight is 213 g/mol. The van der Waals surface area contributed by atoms with Crippen molar-refractivity contribution < 1.29 is 9.90 Å². The van der Waals surface area contributed by atoms with Gasteiger partial charge in [0.25, 0.3) is 0 Å². The second-order valence-electron chi connectivity index (χ2n) is 2.60. The number of carboxylic acid groups (broad SMARTS) is 1. The lowest BCUT2D eigenvalue weighted by atomic mass is 10.2. The van der Waals surface area contributed by atoms with Crippen LogP contribution in [0.5, 0.6) is 0 Å². The van der Waals surface area contributed by atoms with Crippen LogP contribution in [0.2, 0.25) is 5.02 Å². The molecule has 2 nitrogen and oxygen atoms in total. The number of rotatable bonds is 1. The van der Waals surface area contributed by atoms with E-state index >= 15 is 0 Å². The van der Waals surface area contributed by atoms with Gasteiger partial charge in [-0.1, -0.05) is 17.7 Å². The van der Waals surface area contributed by atoms with Crippen LogP contribution in [0.25, 0.3) is 10.1 Å². The van der Waals surface area contributed by atoms with Crippen molar-refractivity contribution in [2.45, 2.75) is 0 Å². The fraction of sp³-hybridized carbons (Fsp3) is 0. The molecule has 0 aliphatic rings. The SMILES string of the molecule is O=C(O)c1csc2cc(Cl)ccc12. The molecule has 0 amide bonds. The van der Waals surface area contributed by atoms with Crippen LogP contribution in [0.15, 0.2) is 23.6 Å². The standard InChI is InChI=1S/C9H5ClO2S/c10-5-1-2-6-7(9(11)12)4-13-8(6)3-5/h1-4H,(H,11,12). The van der Waals surface area contributed by atoms with E-state index in [-0.39, 0.29) is 0 Å². The van der Waals surface area contributed by atoms with Gasteiger partial charge < -0.3 is 5.11 Å². The van der Waals surface area contributed by atoms with Gasteiger partial charge in [0, 0.05) is 20.5 Å². The van der Waals surface area contributed by atoms with Crippen LogP contribution in [0.1, 0.15) is 10.4 Å². The first-order chi connectivity index (χ1) is 6.18. The molecule has 0 aliphatic heterocycles. The lowest BCUT2D eigenvalue weighted by molar-refractivity contribution is 0.0699. The van der Waals surface area contributed by atoms with Crippen LogP contribution >= 0.6 is 22.9 Å². The van der Waals surface area contributed by atoms with Crippen LogP contribution in [-0.2, 0) is 0 Å². The maximum Gasteiger partial charge on any atom is 0.337 e. The molecule has 2 aromatic rings. The summed E-state index contributed by atoms with van der Waals surface area (Å²) in [6.45, 7) is 0. The van der Waals surface area contributed by atoms with Gasteiger partial charge in [-0.15, -0.1) is 11.3 Å². The Labute approximate surface area is 83.4 Å². The first kappa shape index (κ1) is 8.53. The van der Waals surface area contributed by atoms with E-state index in [4.69, 9.17) is 16.7 Å². The molecule has 0 radical (unpaired) electrons. The van der Waals surface area contributed by atoms with Crippen LogP contribution < -0.4 is 0 Å². The summed E-state index contributed by atoms with van der Waals surface area (Å²) in [5.41, 5.74) is 0.344. The van der Waals surface area contributed by atoms with Crippen LogP contribution in [0, 0.1) is 0 Å². The van der Waals surface area contributed by atoms with Gasteiger partial charge in [0.15, 0.2) is 0 Å². The van der Waals surface area contributed by atoms with E-state index in [1.807, 2.05) is 0 Å². The molecule has 0 spiro atoms. The Balaban J connectivity index is 2.76. The van der Waals surface area contributed by atoms with Gasteiger partial charge in [-0.25, -0.2) is 4.79 Å². The molecule has 1 N–H and O–H groups in total. The molecule has 1 heterocycles. The number of carboxylic acids is 1. The third-order valence-electron chi connectivity index (χ3n) is 1.77. The predicted molar refractivity (Wildman–Crippen MR) is 53.8 cm³/mol. The second kappa shape index (κ2) is 3.01. The smallest absolute Gasteiger partial charge is 0.337 e. The number of fused-ring (bicyclic) bond motifs is 1. The Bertz CT molecular complexity index is 475. The minimum absolute atomic E-state index is 0.344. The molecule has 0 saturated carbocycles. The molecule has 1 aromatic heterocycles. The maximum absolute atomic E-state index is 10.7. The molecular weight excluding hydrogens is 208 g/mol. The van der Waals surface area contributed by atoms with Gasteiger partial charge in [-0.3, -0.25) is 0 Å². The van der Waals surface area contributed by atoms with E-state index in [0.29, 0.717) is 10.6 Å². The molecule has 2 rings (SSSR count). The highest BCUT2D eigenvalue weighted by Gasteiger charge is 2.09. The number of aromatic carboxylic acids is 1. The van der Waals surface area contributed by atoms with E-state index in [9.17, 15) is 4.79 Å². The summed E-state index contributed by atoms with van der Waals surface area (Å²) in [7, 11) is 0. The molecule has 0 unspecified atom stereocenters. The molecular formula is C9H5ClO2S. The van der Waals surface area contributed by atoms with Crippen molar-refractivity contribution in [2.75, 3.05) is 0 Å². The summed E-state index contributed by atoms with van der Waals surface area (Å²) in [5.74, 6) is -0.895. The highest BCUT2D eigenvalue weighted by atomic mass is 35.5. The van der Waals surface area contributed by atoms with Gasteiger partial charge >= 0.3 is 5.97 Å². The van der Waals surface area contributed by atoms with Crippen LogP contribution in [0.4, 0.5) is 0 Å². The third-order valence-corrected chi connectivity index (χ3v) is 2.95. The zero-order valence-corrected chi connectivity index (χ0v) is 8.02. The summed E-state index contributed by atoms with van der Waals surface area (Å²) < 4.78 is 0.907. The van der Waals surface area contributed by atoms with Gasteiger partial charge in [0.05, 0.1) is 5.56 Å². The van der Waals surface area contributed by atoms with E-state index < -0.39 is 5.97 Å². The molecule has 0 aliphatic carbocycles. The lowest BCUT2D eigenvalue weighted by Gasteiger charge is -1.92. The molecule has 0 saturated heterocycles. The van der Waals surface area contributed by atoms with Gasteiger partial charge in [0.1, 0.15) is 0 Å². The van der Waals surface area contributed by atoms with Crippen molar-refractivity contribution in [3.8, 4) is 0 Å². The molecule has 0 bridgehead atoms. The van der Waals surface area contributed by atoms with Crippen molar-refractivity contribution in [2.24, 2.45) is 0 Å². The fourth-order valence-electron chi connectivity index (χ4n) is 1.17. The predicted octanol–water partition coefficient (Wildman–Crippen LogP) is 3.25. The minimum Gasteiger partial charge on any atom is -0.478 e. The number of hydrogen-bond acceptors (Lipinski definition) is 2. The van der Waals surface area contributed by atoms with Crippen molar-refractivity contribution in [3.63, 3.8) is 0 Å². The zero-order chi connectivity index (χ0) is 9.42. The van der Waals surface area contributed by atoms with E-state index in [1.165, 1.54) is 11.3 Å². The first-order valence-corrected chi connectivity index (χ1v) is 4.84. The average Bonchev–Trinajstić information content (AvgIpc) is 2.46. The lowest BCUT2D eigenvalue weighted by Crippen LogP contribution is -1.92. The first-order valence-electron chi connectivity index (χ1n) is 3.58. The van der Waals surface area contributed by atoms with E-state index in [0.717, 1.165) is 10.1 Å². The quantitative estimate of drug-likeness (QED) is 0.788. The highest BCUT2D eigenvalue weighted by molar-refractivity contribution is 7.17. The molecule has 1 aromatic carbocycles. The van der Waals surface area contributed by atoms with Gasteiger partial charge in [-0.05, 0) is 12.1 Å². The number of thiophene rings is 1. The summed E-state index contributed by atoms with van der Waals surface area (Å²) in [6, 6.07) is 5.20. The summed E-state index contributed by atoms with van der Waals surface area (Å²) in [4.78, 5) is 10.7. The van der Waals surface area contributed by atoms with Crippen LogP contribution in [-0.4, -0.2) is 11.1 Å². The molecule has 13 heavy (non-hydrogen) atoms. The summed E-state index contributed by atoms with van der Waals surface area (Å²) in [6.07, 6.45) is 0. The van der Waals surface area contributed by atoms with Crippen molar-refractivity contribution in [3.05, 3.63) is 34.2 Å².